The molecule has 0 saturated heterocycles. The third kappa shape index (κ3) is 3.62. The monoisotopic (exact) mass is 385 g/mol. The Bertz CT molecular complexity index is 797. The fourth-order valence-electron chi connectivity index (χ4n) is 1.87. The van der Waals surface area contributed by atoms with E-state index in [1.807, 2.05) is 0 Å². The van der Waals surface area contributed by atoms with E-state index in [-0.39, 0.29) is 27.6 Å². The summed E-state index contributed by atoms with van der Waals surface area (Å²) in [5.74, 6) is -0.653. The second-order valence-electron chi connectivity index (χ2n) is 4.98. The van der Waals surface area contributed by atoms with Crippen LogP contribution in [0.15, 0.2) is 16.9 Å². The van der Waals surface area contributed by atoms with Crippen LogP contribution in [0.3, 0.4) is 0 Å². The van der Waals surface area contributed by atoms with Gasteiger partial charge in [-0.05, 0) is 31.5 Å². The standard InChI is InChI=1S/C13H12Cl3F2N3O2/c1-6(2)23-10-5-9(7(14)4-8(10)15)21-12(22)20(3)11(19-21)13(16,17)18/h4-6H,1-3H3. The maximum Gasteiger partial charge on any atom is 0.381 e. The quantitative estimate of drug-likeness (QED) is 0.748. The van der Waals surface area contributed by atoms with Crippen LogP contribution < -0.4 is 10.4 Å². The molecule has 0 amide bonds. The van der Waals surface area contributed by atoms with Crippen LogP contribution in [0.1, 0.15) is 19.7 Å². The van der Waals surface area contributed by atoms with Crippen molar-refractivity contribution >= 4 is 34.8 Å². The molecule has 0 unspecified atom stereocenters. The van der Waals surface area contributed by atoms with Crippen molar-refractivity contribution in [3.05, 3.63) is 38.5 Å². The summed E-state index contributed by atoms with van der Waals surface area (Å²) in [5, 5.41) is 0.0406. The van der Waals surface area contributed by atoms with E-state index < -0.39 is 16.9 Å². The highest BCUT2D eigenvalue weighted by atomic mass is 35.5. The second kappa shape index (κ2) is 6.30. The lowest BCUT2D eigenvalue weighted by Gasteiger charge is -2.13. The van der Waals surface area contributed by atoms with Crippen molar-refractivity contribution in [2.75, 3.05) is 0 Å². The summed E-state index contributed by atoms with van der Waals surface area (Å²) in [6, 6.07) is 2.70. The van der Waals surface area contributed by atoms with Crippen LogP contribution in [0.5, 0.6) is 5.75 Å². The Kier molecular flexibility index (Phi) is 4.94. The van der Waals surface area contributed by atoms with Crippen LogP contribution in [0.2, 0.25) is 10.0 Å². The number of hydrogen-bond donors (Lipinski definition) is 0. The van der Waals surface area contributed by atoms with Gasteiger partial charge in [0, 0.05) is 13.1 Å². The number of nitrogens with zero attached hydrogens (tertiary/aromatic N) is 3. The molecular weight excluding hydrogens is 375 g/mol. The van der Waals surface area contributed by atoms with Crippen LogP contribution >= 0.6 is 34.8 Å². The van der Waals surface area contributed by atoms with Gasteiger partial charge in [0.1, 0.15) is 5.75 Å². The summed E-state index contributed by atoms with van der Waals surface area (Å²) in [4.78, 5) is 12.1. The molecule has 0 spiro atoms. The molecule has 5 nitrogen and oxygen atoms in total. The molecule has 0 atom stereocenters. The Hall–Kier alpha value is -1.31. The van der Waals surface area contributed by atoms with Crippen LogP contribution in [0.4, 0.5) is 8.78 Å². The van der Waals surface area contributed by atoms with E-state index in [9.17, 15) is 13.6 Å². The molecule has 2 aromatic rings. The number of rotatable bonds is 4. The van der Waals surface area contributed by atoms with E-state index >= 15 is 0 Å². The first kappa shape index (κ1) is 18.0. The van der Waals surface area contributed by atoms with Crippen LogP contribution in [-0.2, 0) is 12.4 Å². The molecule has 0 aliphatic heterocycles. The van der Waals surface area contributed by atoms with E-state index in [1.54, 1.807) is 13.8 Å². The van der Waals surface area contributed by atoms with Gasteiger partial charge in [0.05, 0.1) is 21.8 Å². The van der Waals surface area contributed by atoms with Crippen molar-refractivity contribution in [2.24, 2.45) is 7.05 Å². The highest BCUT2D eigenvalue weighted by molar-refractivity contribution is 6.36. The van der Waals surface area contributed by atoms with Crippen molar-refractivity contribution in [1.82, 2.24) is 14.3 Å². The zero-order valence-corrected chi connectivity index (χ0v) is 14.5. The Labute approximate surface area is 145 Å². The number of alkyl halides is 3. The summed E-state index contributed by atoms with van der Waals surface area (Å²) in [6.45, 7) is 3.56. The van der Waals surface area contributed by atoms with Crippen molar-refractivity contribution in [1.29, 1.82) is 0 Å². The first-order valence-electron chi connectivity index (χ1n) is 6.41. The maximum atomic E-state index is 13.3. The largest absolute Gasteiger partial charge is 0.489 e. The fraction of sp³-hybridized carbons (Fsp3) is 0.385. The predicted octanol–water partition coefficient (Wildman–Crippen LogP) is 3.95. The molecule has 10 heteroatoms. The second-order valence-corrected chi connectivity index (χ2v) is 6.26. The van der Waals surface area contributed by atoms with E-state index in [0.29, 0.717) is 4.57 Å². The predicted molar refractivity (Wildman–Crippen MR) is 84.3 cm³/mol. The number of ether oxygens (including phenoxy) is 1. The number of hydrogen-bond acceptors (Lipinski definition) is 3. The highest BCUT2D eigenvalue weighted by Crippen LogP contribution is 2.34. The summed E-state index contributed by atoms with van der Waals surface area (Å²) in [6.07, 6.45) is -0.190. The zero-order valence-electron chi connectivity index (χ0n) is 12.3. The highest BCUT2D eigenvalue weighted by Gasteiger charge is 2.36. The SMILES string of the molecule is CC(C)Oc1cc(-n2nc(C(F)(F)Cl)n(C)c2=O)c(Cl)cc1Cl. The van der Waals surface area contributed by atoms with Crippen LogP contribution in [0.25, 0.3) is 5.69 Å². The van der Waals surface area contributed by atoms with Crippen molar-refractivity contribution in [3.8, 4) is 11.4 Å². The maximum absolute atomic E-state index is 13.3. The Morgan fingerprint density at radius 1 is 1.26 bits per heavy atom. The molecule has 23 heavy (non-hydrogen) atoms. The minimum Gasteiger partial charge on any atom is -0.489 e. The number of benzene rings is 1. The van der Waals surface area contributed by atoms with Crippen molar-refractivity contribution < 1.29 is 13.5 Å². The van der Waals surface area contributed by atoms with E-state index in [1.165, 1.54) is 12.1 Å². The molecule has 1 heterocycles. The summed E-state index contributed by atoms with van der Waals surface area (Å²) in [7, 11) is 1.13. The van der Waals surface area contributed by atoms with Gasteiger partial charge in [0.25, 0.3) is 0 Å². The molecule has 1 aromatic carbocycles. The Balaban J connectivity index is 2.66. The lowest BCUT2D eigenvalue weighted by Crippen LogP contribution is -2.23. The molecule has 0 bridgehead atoms. The van der Waals surface area contributed by atoms with Gasteiger partial charge in [-0.1, -0.05) is 23.2 Å². The van der Waals surface area contributed by atoms with Crippen molar-refractivity contribution in [2.45, 2.75) is 25.3 Å². The molecule has 2 rings (SSSR count). The molecular formula is C13H12Cl3F2N3O2. The molecule has 1 aromatic heterocycles. The van der Waals surface area contributed by atoms with Gasteiger partial charge >= 0.3 is 11.1 Å². The van der Waals surface area contributed by atoms with E-state index in [4.69, 9.17) is 39.5 Å². The Morgan fingerprint density at radius 2 is 1.87 bits per heavy atom. The van der Waals surface area contributed by atoms with Gasteiger partial charge in [-0.25, -0.2) is 4.79 Å². The fourth-order valence-corrected chi connectivity index (χ4v) is 2.54. The topological polar surface area (TPSA) is 49.0 Å². The average molecular weight is 387 g/mol. The van der Waals surface area contributed by atoms with Gasteiger partial charge in [-0.15, -0.1) is 5.10 Å². The van der Waals surface area contributed by atoms with Crippen molar-refractivity contribution in [3.63, 3.8) is 0 Å². The summed E-state index contributed by atoms with van der Waals surface area (Å²) >= 11 is 17.0. The molecule has 0 radical (unpaired) electrons. The van der Waals surface area contributed by atoms with Gasteiger partial charge < -0.3 is 4.74 Å². The van der Waals surface area contributed by atoms with E-state index in [0.717, 1.165) is 11.7 Å². The smallest absolute Gasteiger partial charge is 0.381 e. The third-order valence-corrected chi connectivity index (χ3v) is 3.59. The van der Waals surface area contributed by atoms with Crippen LogP contribution in [0, 0.1) is 0 Å². The van der Waals surface area contributed by atoms with E-state index in [2.05, 4.69) is 5.10 Å². The normalized spacial score (nSPS) is 12.0. The zero-order chi connectivity index (χ0) is 17.5. The Morgan fingerprint density at radius 3 is 2.35 bits per heavy atom. The van der Waals surface area contributed by atoms with Gasteiger partial charge in [-0.3, -0.25) is 4.57 Å². The average Bonchev–Trinajstić information content (AvgIpc) is 2.69. The van der Waals surface area contributed by atoms with Gasteiger partial charge in [0.15, 0.2) is 0 Å². The minimum atomic E-state index is -3.80. The molecule has 0 N–H and O–H groups in total. The van der Waals surface area contributed by atoms with Crippen LogP contribution in [-0.4, -0.2) is 20.5 Å². The first-order chi connectivity index (χ1) is 10.5. The molecule has 0 fully saturated rings. The summed E-state index contributed by atoms with van der Waals surface area (Å²) < 4.78 is 33.4. The minimum absolute atomic E-state index is 0.0516. The molecule has 0 aliphatic rings. The number of aromatic nitrogens is 3. The molecule has 0 saturated carbocycles. The molecule has 0 aliphatic carbocycles. The number of halogens is 5. The van der Waals surface area contributed by atoms with Gasteiger partial charge in [-0.2, -0.15) is 13.5 Å². The molecule has 126 valence electrons. The lowest BCUT2D eigenvalue weighted by molar-refractivity contribution is 0.0803. The first-order valence-corrected chi connectivity index (χ1v) is 7.55. The lowest BCUT2D eigenvalue weighted by atomic mass is 10.3. The third-order valence-electron chi connectivity index (χ3n) is 2.83. The van der Waals surface area contributed by atoms with Gasteiger partial charge in [0.2, 0.25) is 5.82 Å². The summed E-state index contributed by atoms with van der Waals surface area (Å²) in [5.41, 5.74) is -0.778.